The van der Waals surface area contributed by atoms with E-state index in [0.29, 0.717) is 17.2 Å². The number of halogens is 1. The molecule has 2 heterocycles. The molecule has 1 atom stereocenters. The molecule has 1 aromatic heterocycles. The molecule has 0 spiro atoms. The summed E-state index contributed by atoms with van der Waals surface area (Å²) in [6, 6.07) is 13.0. The summed E-state index contributed by atoms with van der Waals surface area (Å²) in [4.78, 5) is 14.9. The van der Waals surface area contributed by atoms with E-state index in [-0.39, 0.29) is 11.9 Å². The molecule has 3 aromatic rings. The van der Waals surface area contributed by atoms with Gasteiger partial charge in [-0.15, -0.1) is 0 Å². The fourth-order valence-electron chi connectivity index (χ4n) is 3.50. The van der Waals surface area contributed by atoms with Crippen LogP contribution in [0.15, 0.2) is 46.9 Å². The number of fused-ring (bicyclic) bond motifs is 1. The molecule has 27 heavy (non-hydrogen) atoms. The molecule has 0 saturated carbocycles. The summed E-state index contributed by atoms with van der Waals surface area (Å²) in [6.45, 7) is 1.92. The van der Waals surface area contributed by atoms with Gasteiger partial charge in [-0.1, -0.05) is 15.9 Å². The minimum atomic E-state index is -0.340. The minimum absolute atomic E-state index is 0.139. The van der Waals surface area contributed by atoms with E-state index in [2.05, 4.69) is 26.1 Å². The highest BCUT2D eigenvalue weighted by Gasteiger charge is 2.43. The molecular weight excluding hydrogens is 410 g/mol. The molecular formula is C20H18BrN3O3. The maximum Gasteiger partial charge on any atom is 0.280 e. The van der Waals surface area contributed by atoms with E-state index in [1.165, 1.54) is 0 Å². The lowest BCUT2D eigenvalue weighted by atomic mass is 9.97. The zero-order valence-electron chi connectivity index (χ0n) is 15.1. The molecule has 1 amide bonds. The monoisotopic (exact) mass is 427 g/mol. The molecule has 6 nitrogen and oxygen atoms in total. The Balaban J connectivity index is 1.92. The van der Waals surface area contributed by atoms with Crippen molar-refractivity contribution >= 4 is 27.5 Å². The molecule has 0 fully saturated rings. The summed E-state index contributed by atoms with van der Waals surface area (Å²) in [5, 5.41) is 7.18. The van der Waals surface area contributed by atoms with Gasteiger partial charge in [0.1, 0.15) is 11.5 Å². The fraction of sp³-hybridized carbons (Fsp3) is 0.200. The first-order chi connectivity index (χ1) is 13.0. The van der Waals surface area contributed by atoms with E-state index in [4.69, 9.17) is 9.47 Å². The molecule has 0 aliphatic carbocycles. The number of aryl methyl sites for hydroxylation is 1. The molecule has 0 radical (unpaired) electrons. The van der Waals surface area contributed by atoms with E-state index < -0.39 is 0 Å². The third-order valence-electron chi connectivity index (χ3n) is 4.79. The number of hydrogen-bond acceptors (Lipinski definition) is 4. The maximum atomic E-state index is 13.2. The molecule has 7 heteroatoms. The number of ether oxygens (including phenoxy) is 2. The number of benzene rings is 2. The van der Waals surface area contributed by atoms with Crippen LogP contribution in [0.2, 0.25) is 0 Å². The third kappa shape index (κ3) is 2.78. The summed E-state index contributed by atoms with van der Waals surface area (Å²) in [7, 11) is 3.22. The predicted octanol–water partition coefficient (Wildman–Crippen LogP) is 4.25. The number of aromatic nitrogens is 2. The summed E-state index contributed by atoms with van der Waals surface area (Å²) < 4.78 is 11.9. The smallest absolute Gasteiger partial charge is 0.280 e. The van der Waals surface area contributed by atoms with E-state index >= 15 is 0 Å². The van der Waals surface area contributed by atoms with Crippen molar-refractivity contribution in [3.8, 4) is 11.5 Å². The van der Waals surface area contributed by atoms with Gasteiger partial charge in [0, 0.05) is 33.0 Å². The average molecular weight is 428 g/mol. The van der Waals surface area contributed by atoms with Crippen LogP contribution in [0, 0.1) is 6.92 Å². The van der Waals surface area contributed by atoms with Crippen molar-refractivity contribution in [1.29, 1.82) is 0 Å². The topological polar surface area (TPSA) is 67.5 Å². The summed E-state index contributed by atoms with van der Waals surface area (Å²) in [5.41, 5.74) is 3.84. The highest BCUT2D eigenvalue weighted by Crippen LogP contribution is 2.45. The zero-order valence-corrected chi connectivity index (χ0v) is 16.7. The van der Waals surface area contributed by atoms with Crippen molar-refractivity contribution in [2.75, 3.05) is 19.1 Å². The first kappa shape index (κ1) is 17.6. The Morgan fingerprint density at radius 3 is 2.52 bits per heavy atom. The fourth-order valence-corrected chi connectivity index (χ4v) is 3.77. The number of rotatable bonds is 4. The number of amides is 1. The molecule has 4 rings (SSSR count). The molecule has 2 aromatic carbocycles. The standard InChI is InChI=1S/C20H18BrN3O3/c1-11-17-18(23-22-11)20(25)24(13-6-4-12(21)5-7-13)19(17)15-9-8-14(26-2)10-16(15)27-3/h4-10,19H,1-3H3,(H,22,23)/t19-/m0/s1. The molecule has 0 saturated heterocycles. The van der Waals surface area contributed by atoms with Crippen LogP contribution in [0.1, 0.15) is 33.4 Å². The third-order valence-corrected chi connectivity index (χ3v) is 5.32. The Morgan fingerprint density at radius 1 is 1.11 bits per heavy atom. The zero-order chi connectivity index (χ0) is 19.1. The Labute approximate surface area is 165 Å². The summed E-state index contributed by atoms with van der Waals surface area (Å²) in [6.07, 6.45) is 0. The van der Waals surface area contributed by atoms with Crippen LogP contribution >= 0.6 is 15.9 Å². The Hall–Kier alpha value is -2.80. The average Bonchev–Trinajstić information content (AvgIpc) is 3.20. The van der Waals surface area contributed by atoms with Gasteiger partial charge in [0.2, 0.25) is 0 Å². The van der Waals surface area contributed by atoms with Crippen molar-refractivity contribution in [2.24, 2.45) is 0 Å². The molecule has 0 bridgehead atoms. The second-order valence-corrected chi connectivity index (χ2v) is 7.19. The van der Waals surface area contributed by atoms with Gasteiger partial charge < -0.3 is 9.47 Å². The van der Waals surface area contributed by atoms with Crippen molar-refractivity contribution < 1.29 is 14.3 Å². The van der Waals surface area contributed by atoms with Gasteiger partial charge in [-0.25, -0.2) is 0 Å². The lowest BCUT2D eigenvalue weighted by Crippen LogP contribution is -2.29. The van der Waals surface area contributed by atoms with E-state index in [1.54, 1.807) is 19.1 Å². The van der Waals surface area contributed by atoms with E-state index in [9.17, 15) is 4.79 Å². The van der Waals surface area contributed by atoms with Crippen LogP contribution in [-0.4, -0.2) is 30.3 Å². The van der Waals surface area contributed by atoms with Crippen molar-refractivity contribution in [2.45, 2.75) is 13.0 Å². The van der Waals surface area contributed by atoms with Crippen LogP contribution < -0.4 is 14.4 Å². The van der Waals surface area contributed by atoms with Gasteiger partial charge in [0.05, 0.1) is 20.3 Å². The molecule has 0 unspecified atom stereocenters. The Bertz CT molecular complexity index is 1010. The second-order valence-electron chi connectivity index (χ2n) is 6.27. The number of H-pyrrole nitrogens is 1. The molecule has 1 aliphatic rings. The van der Waals surface area contributed by atoms with Crippen LogP contribution in [-0.2, 0) is 0 Å². The van der Waals surface area contributed by atoms with E-state index in [1.807, 2.05) is 49.4 Å². The lowest BCUT2D eigenvalue weighted by Gasteiger charge is -2.27. The van der Waals surface area contributed by atoms with Gasteiger partial charge in [-0.3, -0.25) is 14.8 Å². The van der Waals surface area contributed by atoms with Gasteiger partial charge in [0.15, 0.2) is 5.69 Å². The summed E-state index contributed by atoms with van der Waals surface area (Å²) in [5.74, 6) is 1.21. The number of nitrogens with zero attached hydrogens (tertiary/aromatic N) is 2. The number of carbonyl (C=O) groups is 1. The minimum Gasteiger partial charge on any atom is -0.497 e. The first-order valence-electron chi connectivity index (χ1n) is 8.41. The second kappa shape index (κ2) is 6.74. The van der Waals surface area contributed by atoms with Crippen molar-refractivity contribution in [3.63, 3.8) is 0 Å². The van der Waals surface area contributed by atoms with Gasteiger partial charge in [0.25, 0.3) is 5.91 Å². The number of anilines is 1. The normalized spacial score (nSPS) is 15.8. The highest BCUT2D eigenvalue weighted by atomic mass is 79.9. The van der Waals surface area contributed by atoms with Gasteiger partial charge >= 0.3 is 0 Å². The van der Waals surface area contributed by atoms with Crippen LogP contribution in [0.5, 0.6) is 11.5 Å². The molecule has 1 N–H and O–H groups in total. The Kier molecular flexibility index (Phi) is 4.39. The number of aromatic amines is 1. The summed E-state index contributed by atoms with van der Waals surface area (Å²) >= 11 is 3.45. The van der Waals surface area contributed by atoms with Crippen LogP contribution in [0.4, 0.5) is 5.69 Å². The number of carbonyl (C=O) groups excluding carboxylic acids is 1. The predicted molar refractivity (Wildman–Crippen MR) is 106 cm³/mol. The number of hydrogen-bond donors (Lipinski definition) is 1. The van der Waals surface area contributed by atoms with Crippen molar-refractivity contribution in [1.82, 2.24) is 10.2 Å². The SMILES string of the molecule is COc1ccc([C@H]2c3c(n[nH]c3C)C(=O)N2c2ccc(Br)cc2)c(OC)c1. The lowest BCUT2D eigenvalue weighted by molar-refractivity contribution is 0.0988. The largest absolute Gasteiger partial charge is 0.497 e. The van der Waals surface area contributed by atoms with Crippen LogP contribution in [0.25, 0.3) is 0 Å². The van der Waals surface area contributed by atoms with Crippen molar-refractivity contribution in [3.05, 3.63) is 69.5 Å². The van der Waals surface area contributed by atoms with Crippen LogP contribution in [0.3, 0.4) is 0 Å². The first-order valence-corrected chi connectivity index (χ1v) is 9.20. The maximum absolute atomic E-state index is 13.2. The van der Waals surface area contributed by atoms with Gasteiger partial charge in [-0.2, -0.15) is 5.10 Å². The number of methoxy groups -OCH3 is 2. The van der Waals surface area contributed by atoms with E-state index in [0.717, 1.165) is 27.0 Å². The molecule has 1 aliphatic heterocycles. The molecule has 138 valence electrons. The highest BCUT2D eigenvalue weighted by molar-refractivity contribution is 9.10. The Morgan fingerprint density at radius 2 is 1.85 bits per heavy atom. The quantitative estimate of drug-likeness (QED) is 0.675. The van der Waals surface area contributed by atoms with Gasteiger partial charge in [-0.05, 0) is 43.3 Å². The number of nitrogens with one attached hydrogen (secondary N) is 1.